The summed E-state index contributed by atoms with van der Waals surface area (Å²) >= 11 is 0. The van der Waals surface area contributed by atoms with Crippen LogP contribution in [0.25, 0.3) is 11.4 Å². The van der Waals surface area contributed by atoms with Gasteiger partial charge in [-0.3, -0.25) is 23.9 Å². The van der Waals surface area contributed by atoms with Gasteiger partial charge < -0.3 is 14.8 Å². The van der Waals surface area contributed by atoms with Crippen molar-refractivity contribution < 1.29 is 23.5 Å². The number of pyridine rings is 1. The standard InChI is InChI=1S/C29H25FN4O5/c1-3-17(2)28(36)33-23-14-32-27(20-6-9-24-25(11-20)39-16-38-24)34(29(23)37)15-18-10-21(13-31-12-18)26(35)19-4-7-22(30)8-5-19/h4-14,17H,3,15-16H2,1-2H3,(H,33,36)/t17-/m1/s1. The molecule has 2 aromatic heterocycles. The van der Waals surface area contributed by atoms with Crippen molar-refractivity contribution >= 4 is 17.4 Å². The number of halogens is 1. The van der Waals surface area contributed by atoms with Gasteiger partial charge in [-0.2, -0.15) is 0 Å². The van der Waals surface area contributed by atoms with Crippen molar-refractivity contribution in [2.75, 3.05) is 12.1 Å². The van der Waals surface area contributed by atoms with Crippen LogP contribution < -0.4 is 20.3 Å². The van der Waals surface area contributed by atoms with E-state index in [1.165, 1.54) is 41.2 Å². The molecule has 39 heavy (non-hydrogen) atoms. The molecular weight excluding hydrogens is 503 g/mol. The van der Waals surface area contributed by atoms with Crippen molar-refractivity contribution in [3.05, 3.63) is 100.0 Å². The lowest BCUT2D eigenvalue weighted by Crippen LogP contribution is -2.30. The van der Waals surface area contributed by atoms with Crippen LogP contribution in [0.3, 0.4) is 0 Å². The van der Waals surface area contributed by atoms with E-state index < -0.39 is 11.4 Å². The number of ketones is 1. The van der Waals surface area contributed by atoms with Crippen molar-refractivity contribution in [1.82, 2.24) is 14.5 Å². The second-order valence-corrected chi connectivity index (χ2v) is 9.17. The zero-order chi connectivity index (χ0) is 27.5. The third-order valence-electron chi connectivity index (χ3n) is 6.50. The minimum absolute atomic E-state index is 0.0141. The molecule has 0 radical (unpaired) electrons. The molecular formula is C29H25FN4O5. The van der Waals surface area contributed by atoms with Crippen LogP contribution in [-0.4, -0.2) is 33.0 Å². The number of hydrogen-bond acceptors (Lipinski definition) is 7. The van der Waals surface area contributed by atoms with Gasteiger partial charge in [0.1, 0.15) is 17.3 Å². The molecule has 0 aliphatic carbocycles. The molecule has 10 heteroatoms. The van der Waals surface area contributed by atoms with Gasteiger partial charge in [0.15, 0.2) is 17.3 Å². The number of nitrogens with one attached hydrogen (secondary N) is 1. The fraction of sp³-hybridized carbons (Fsp3) is 0.207. The summed E-state index contributed by atoms with van der Waals surface area (Å²) < 4.78 is 25.6. The summed E-state index contributed by atoms with van der Waals surface area (Å²) in [6.07, 6.45) is 4.91. The first-order valence-electron chi connectivity index (χ1n) is 12.4. The first kappa shape index (κ1) is 25.8. The Bertz CT molecular complexity index is 1620. The number of anilines is 1. The highest BCUT2D eigenvalue weighted by Gasteiger charge is 2.20. The quantitative estimate of drug-likeness (QED) is 0.337. The van der Waals surface area contributed by atoms with Gasteiger partial charge in [-0.15, -0.1) is 0 Å². The van der Waals surface area contributed by atoms with Gasteiger partial charge in [-0.1, -0.05) is 13.8 Å². The molecule has 0 bridgehead atoms. The van der Waals surface area contributed by atoms with Gasteiger partial charge >= 0.3 is 0 Å². The van der Waals surface area contributed by atoms with Gasteiger partial charge in [0.25, 0.3) is 5.56 Å². The Kier molecular flexibility index (Phi) is 7.18. The monoisotopic (exact) mass is 528 g/mol. The Morgan fingerprint density at radius 1 is 1.03 bits per heavy atom. The van der Waals surface area contributed by atoms with Gasteiger partial charge in [0.2, 0.25) is 12.7 Å². The summed E-state index contributed by atoms with van der Waals surface area (Å²) in [7, 11) is 0. The SMILES string of the molecule is CC[C@@H](C)C(=O)Nc1cnc(-c2ccc3c(c2)OCO3)n(Cc2cncc(C(=O)c3ccc(F)cc3)c2)c1=O. The second-order valence-electron chi connectivity index (χ2n) is 9.17. The third-order valence-corrected chi connectivity index (χ3v) is 6.50. The van der Waals surface area contributed by atoms with Crippen molar-refractivity contribution in [2.45, 2.75) is 26.8 Å². The van der Waals surface area contributed by atoms with Crippen molar-refractivity contribution in [3.8, 4) is 22.9 Å². The zero-order valence-corrected chi connectivity index (χ0v) is 21.3. The average Bonchev–Trinajstić information content (AvgIpc) is 3.43. The molecule has 1 amide bonds. The number of carbonyl (C=O) groups excluding carboxylic acids is 2. The summed E-state index contributed by atoms with van der Waals surface area (Å²) in [6.45, 7) is 3.77. The predicted octanol–water partition coefficient (Wildman–Crippen LogP) is 4.44. The Morgan fingerprint density at radius 2 is 1.79 bits per heavy atom. The topological polar surface area (TPSA) is 112 Å². The van der Waals surface area contributed by atoms with Gasteiger partial charge in [-0.05, 0) is 60.5 Å². The third kappa shape index (κ3) is 5.40. The highest BCUT2D eigenvalue weighted by Crippen LogP contribution is 2.35. The normalized spacial score (nSPS) is 12.7. The van der Waals surface area contributed by atoms with E-state index in [0.29, 0.717) is 40.4 Å². The van der Waals surface area contributed by atoms with E-state index in [4.69, 9.17) is 9.47 Å². The van der Waals surface area contributed by atoms with Crippen LogP contribution in [0.5, 0.6) is 11.5 Å². The fourth-order valence-electron chi connectivity index (χ4n) is 4.08. The smallest absolute Gasteiger partial charge is 0.277 e. The van der Waals surface area contributed by atoms with E-state index in [0.717, 1.165) is 0 Å². The highest BCUT2D eigenvalue weighted by atomic mass is 19.1. The van der Waals surface area contributed by atoms with Crippen molar-refractivity contribution in [2.24, 2.45) is 5.92 Å². The largest absolute Gasteiger partial charge is 0.454 e. The fourth-order valence-corrected chi connectivity index (χ4v) is 4.08. The van der Waals surface area contributed by atoms with E-state index in [2.05, 4.69) is 15.3 Å². The molecule has 198 valence electrons. The predicted molar refractivity (Wildman–Crippen MR) is 141 cm³/mol. The number of fused-ring (bicyclic) bond motifs is 1. The van der Waals surface area contributed by atoms with E-state index in [1.807, 2.05) is 6.92 Å². The number of rotatable bonds is 8. The number of carbonyl (C=O) groups is 2. The maximum Gasteiger partial charge on any atom is 0.277 e. The molecule has 5 rings (SSSR count). The lowest BCUT2D eigenvalue weighted by Gasteiger charge is -2.16. The molecule has 0 spiro atoms. The number of nitrogens with zero attached hydrogens (tertiary/aromatic N) is 3. The Hall–Kier alpha value is -4.86. The number of aromatic nitrogens is 3. The van der Waals surface area contributed by atoms with Crippen LogP contribution in [0, 0.1) is 11.7 Å². The summed E-state index contributed by atoms with van der Waals surface area (Å²) in [5.74, 6) is 0.0894. The molecule has 0 saturated heterocycles. The minimum atomic E-state index is -0.468. The molecule has 3 heterocycles. The van der Waals surface area contributed by atoms with E-state index in [9.17, 15) is 18.8 Å². The molecule has 2 aromatic carbocycles. The Balaban J connectivity index is 1.54. The molecule has 0 fully saturated rings. The number of benzene rings is 2. The first-order chi connectivity index (χ1) is 18.8. The van der Waals surface area contributed by atoms with Crippen LogP contribution in [0.15, 0.2) is 71.9 Å². The highest BCUT2D eigenvalue weighted by molar-refractivity contribution is 6.08. The van der Waals surface area contributed by atoms with Gasteiger partial charge in [0, 0.05) is 35.0 Å². The van der Waals surface area contributed by atoms with E-state index in [1.54, 1.807) is 37.4 Å². The average molecular weight is 529 g/mol. The number of ether oxygens (including phenoxy) is 2. The number of hydrogen-bond donors (Lipinski definition) is 1. The molecule has 0 unspecified atom stereocenters. The Morgan fingerprint density at radius 3 is 2.56 bits per heavy atom. The van der Waals surface area contributed by atoms with E-state index in [-0.39, 0.29) is 42.2 Å². The maximum absolute atomic E-state index is 13.6. The van der Waals surface area contributed by atoms with Crippen LogP contribution in [0.2, 0.25) is 0 Å². The molecule has 9 nitrogen and oxygen atoms in total. The molecule has 1 atom stereocenters. The molecule has 1 N–H and O–H groups in total. The Labute approximate surface area is 223 Å². The van der Waals surface area contributed by atoms with Crippen LogP contribution >= 0.6 is 0 Å². The minimum Gasteiger partial charge on any atom is -0.454 e. The molecule has 1 aliphatic heterocycles. The van der Waals surface area contributed by atoms with Crippen molar-refractivity contribution in [3.63, 3.8) is 0 Å². The molecule has 4 aromatic rings. The second kappa shape index (κ2) is 10.9. The first-order valence-corrected chi connectivity index (χ1v) is 12.4. The lowest BCUT2D eigenvalue weighted by atomic mass is 10.0. The summed E-state index contributed by atoms with van der Waals surface area (Å²) in [5, 5.41) is 2.68. The zero-order valence-electron chi connectivity index (χ0n) is 21.3. The number of amides is 1. The van der Waals surface area contributed by atoms with Crippen molar-refractivity contribution in [1.29, 1.82) is 0 Å². The summed E-state index contributed by atoms with van der Waals surface area (Å²) in [6, 6.07) is 12.1. The van der Waals surface area contributed by atoms with Crippen LogP contribution in [-0.2, 0) is 11.3 Å². The summed E-state index contributed by atoms with van der Waals surface area (Å²) in [4.78, 5) is 47.9. The maximum atomic E-state index is 13.6. The molecule has 1 aliphatic rings. The van der Waals surface area contributed by atoms with Gasteiger partial charge in [0.05, 0.1) is 12.7 Å². The lowest BCUT2D eigenvalue weighted by molar-refractivity contribution is -0.119. The van der Waals surface area contributed by atoms with Crippen LogP contribution in [0.4, 0.5) is 10.1 Å². The molecule has 0 saturated carbocycles. The van der Waals surface area contributed by atoms with E-state index >= 15 is 0 Å². The van der Waals surface area contributed by atoms with Gasteiger partial charge in [-0.25, -0.2) is 9.37 Å². The summed E-state index contributed by atoms with van der Waals surface area (Å²) in [5.41, 5.74) is 1.32. The van der Waals surface area contributed by atoms with Crippen LogP contribution in [0.1, 0.15) is 41.8 Å².